The van der Waals surface area contributed by atoms with Crippen LogP contribution in [0.25, 0.3) is 21.2 Å². The summed E-state index contributed by atoms with van der Waals surface area (Å²) >= 11 is 1.50. The lowest BCUT2D eigenvalue weighted by Crippen LogP contribution is -1.92. The van der Waals surface area contributed by atoms with Gasteiger partial charge in [0.25, 0.3) is 0 Å². The van der Waals surface area contributed by atoms with Crippen LogP contribution in [0.1, 0.15) is 5.82 Å². The molecule has 3 heterocycles. The monoisotopic (exact) mass is 282 g/mol. The molecule has 98 valence electrons. The highest BCUT2D eigenvalue weighted by Crippen LogP contribution is 2.25. The summed E-state index contributed by atoms with van der Waals surface area (Å²) in [4.78, 5) is 0.796. The van der Waals surface area contributed by atoms with Gasteiger partial charge in [-0.3, -0.25) is 0 Å². The normalized spacial score (nSPS) is 11.2. The van der Waals surface area contributed by atoms with Crippen LogP contribution in [-0.2, 0) is 0 Å². The van der Waals surface area contributed by atoms with Crippen molar-refractivity contribution in [2.24, 2.45) is 0 Å². The third-order valence-corrected chi connectivity index (χ3v) is 3.94. The molecular weight excluding hydrogens is 272 g/mol. The Balaban J connectivity index is 1.77. The summed E-state index contributed by atoms with van der Waals surface area (Å²) in [7, 11) is 0. The molecule has 0 aliphatic carbocycles. The predicted molar refractivity (Wildman–Crippen MR) is 76.0 cm³/mol. The van der Waals surface area contributed by atoms with Gasteiger partial charge in [-0.1, -0.05) is 29.5 Å². The quantitative estimate of drug-likeness (QED) is 0.566. The van der Waals surface area contributed by atoms with Crippen molar-refractivity contribution >= 4 is 16.3 Å². The van der Waals surface area contributed by atoms with E-state index in [2.05, 4.69) is 20.4 Å². The molecule has 0 unspecified atom stereocenters. The average molecular weight is 282 g/mol. The summed E-state index contributed by atoms with van der Waals surface area (Å²) in [6.45, 7) is 1.89. The summed E-state index contributed by atoms with van der Waals surface area (Å²) in [5.74, 6) is 0.790. The number of para-hydroxylation sites is 1. The van der Waals surface area contributed by atoms with Crippen molar-refractivity contribution in [3.8, 4) is 16.3 Å². The first-order valence-corrected chi connectivity index (χ1v) is 6.92. The fourth-order valence-corrected chi connectivity index (χ4v) is 2.85. The lowest BCUT2D eigenvalue weighted by Gasteiger charge is -1.98. The standard InChI is InChI=1S/C13H10N6S/c1-9-15-16-13-19(9)17-12(20-13)10-7-14-18(8-10)11-5-3-2-4-6-11/h2-8H,1H3. The van der Waals surface area contributed by atoms with Gasteiger partial charge >= 0.3 is 0 Å². The fourth-order valence-electron chi connectivity index (χ4n) is 1.99. The second kappa shape index (κ2) is 4.24. The van der Waals surface area contributed by atoms with Crippen LogP contribution in [-0.4, -0.2) is 29.6 Å². The van der Waals surface area contributed by atoms with Crippen molar-refractivity contribution in [2.75, 3.05) is 0 Å². The molecule has 3 aromatic heterocycles. The van der Waals surface area contributed by atoms with Crippen LogP contribution in [0, 0.1) is 6.92 Å². The molecule has 0 radical (unpaired) electrons. The van der Waals surface area contributed by atoms with Gasteiger partial charge in [0.15, 0.2) is 10.8 Å². The number of hydrogen-bond donors (Lipinski definition) is 0. The maximum atomic E-state index is 4.51. The van der Waals surface area contributed by atoms with Crippen LogP contribution in [0.4, 0.5) is 0 Å². The van der Waals surface area contributed by atoms with Gasteiger partial charge in [-0.25, -0.2) is 4.68 Å². The Bertz CT molecular complexity index is 873. The minimum absolute atomic E-state index is 0.790. The molecule has 20 heavy (non-hydrogen) atoms. The molecular formula is C13H10N6S. The maximum absolute atomic E-state index is 4.51. The van der Waals surface area contributed by atoms with Gasteiger partial charge in [0.1, 0.15) is 0 Å². The Kier molecular flexibility index (Phi) is 2.40. The Hall–Kier alpha value is -2.54. The van der Waals surface area contributed by atoms with Crippen molar-refractivity contribution in [3.63, 3.8) is 0 Å². The van der Waals surface area contributed by atoms with E-state index in [4.69, 9.17) is 0 Å². The minimum atomic E-state index is 0.790. The first-order chi connectivity index (χ1) is 9.81. The number of rotatable bonds is 2. The minimum Gasteiger partial charge on any atom is -0.240 e. The molecule has 0 bridgehead atoms. The lowest BCUT2D eigenvalue weighted by molar-refractivity contribution is 0.880. The zero-order valence-electron chi connectivity index (χ0n) is 10.6. The predicted octanol–water partition coefficient (Wildman–Crippen LogP) is 2.35. The molecule has 0 atom stereocenters. The number of aryl methyl sites for hydroxylation is 1. The molecule has 0 N–H and O–H groups in total. The van der Waals surface area contributed by atoms with Gasteiger partial charge in [-0.15, -0.1) is 10.2 Å². The van der Waals surface area contributed by atoms with Crippen LogP contribution in [0.2, 0.25) is 0 Å². The van der Waals surface area contributed by atoms with E-state index in [1.54, 1.807) is 4.52 Å². The van der Waals surface area contributed by atoms with Crippen molar-refractivity contribution in [3.05, 3.63) is 48.5 Å². The third-order valence-electron chi connectivity index (χ3n) is 3.00. The number of hydrogen-bond acceptors (Lipinski definition) is 5. The Morgan fingerprint density at radius 2 is 1.95 bits per heavy atom. The first-order valence-electron chi connectivity index (χ1n) is 6.10. The third kappa shape index (κ3) is 1.71. The maximum Gasteiger partial charge on any atom is 0.234 e. The van der Waals surface area contributed by atoms with E-state index in [1.165, 1.54) is 11.3 Å². The molecule has 0 spiro atoms. The van der Waals surface area contributed by atoms with E-state index < -0.39 is 0 Å². The van der Waals surface area contributed by atoms with Gasteiger partial charge in [0.2, 0.25) is 4.96 Å². The molecule has 0 saturated heterocycles. The number of nitrogens with zero attached hydrogens (tertiary/aromatic N) is 6. The van der Waals surface area contributed by atoms with E-state index >= 15 is 0 Å². The number of aromatic nitrogens is 6. The number of benzene rings is 1. The summed E-state index contributed by atoms with van der Waals surface area (Å²) in [5, 5.41) is 17.8. The van der Waals surface area contributed by atoms with Crippen molar-refractivity contribution < 1.29 is 0 Å². The molecule has 4 aromatic rings. The van der Waals surface area contributed by atoms with Gasteiger partial charge in [-0.05, 0) is 19.1 Å². The molecule has 0 amide bonds. The molecule has 6 nitrogen and oxygen atoms in total. The van der Waals surface area contributed by atoms with E-state index in [-0.39, 0.29) is 0 Å². The fraction of sp³-hybridized carbons (Fsp3) is 0.0769. The molecule has 0 fully saturated rings. The highest BCUT2D eigenvalue weighted by molar-refractivity contribution is 7.19. The molecule has 4 rings (SSSR count). The summed E-state index contributed by atoms with van der Waals surface area (Å²) < 4.78 is 3.59. The smallest absolute Gasteiger partial charge is 0.234 e. The highest BCUT2D eigenvalue weighted by Gasteiger charge is 2.12. The topological polar surface area (TPSA) is 60.9 Å². The SMILES string of the molecule is Cc1nnc2sc(-c3cnn(-c4ccccc4)c3)nn12. The summed E-state index contributed by atoms with van der Waals surface area (Å²) in [5.41, 5.74) is 2.00. The van der Waals surface area contributed by atoms with Crippen LogP contribution >= 0.6 is 11.3 Å². The van der Waals surface area contributed by atoms with Gasteiger partial charge < -0.3 is 0 Å². The first kappa shape index (κ1) is 11.3. The second-order valence-corrected chi connectivity index (χ2v) is 5.31. The number of fused-ring (bicyclic) bond motifs is 1. The summed E-state index contributed by atoms with van der Waals surface area (Å²) in [6, 6.07) is 9.99. The molecule has 0 saturated carbocycles. The molecule has 7 heteroatoms. The van der Waals surface area contributed by atoms with E-state index in [0.29, 0.717) is 0 Å². The van der Waals surface area contributed by atoms with Crippen molar-refractivity contribution in [1.29, 1.82) is 0 Å². The second-order valence-electron chi connectivity index (χ2n) is 4.36. The Labute approximate surface area is 118 Å². The summed E-state index contributed by atoms with van der Waals surface area (Å²) in [6.07, 6.45) is 3.78. The molecule has 0 aliphatic rings. The van der Waals surface area contributed by atoms with Crippen LogP contribution < -0.4 is 0 Å². The van der Waals surface area contributed by atoms with Crippen molar-refractivity contribution in [2.45, 2.75) is 6.92 Å². The zero-order valence-corrected chi connectivity index (χ0v) is 11.4. The van der Waals surface area contributed by atoms with Gasteiger partial charge in [0.05, 0.1) is 17.4 Å². The van der Waals surface area contributed by atoms with Crippen LogP contribution in [0.15, 0.2) is 42.7 Å². The van der Waals surface area contributed by atoms with E-state index in [1.807, 2.05) is 54.3 Å². The molecule has 1 aromatic carbocycles. The van der Waals surface area contributed by atoms with E-state index in [0.717, 1.165) is 27.0 Å². The van der Waals surface area contributed by atoms with Crippen LogP contribution in [0.3, 0.4) is 0 Å². The average Bonchev–Trinajstić information content (AvgIpc) is 3.17. The lowest BCUT2D eigenvalue weighted by atomic mass is 10.3. The van der Waals surface area contributed by atoms with E-state index in [9.17, 15) is 0 Å². The largest absolute Gasteiger partial charge is 0.240 e. The van der Waals surface area contributed by atoms with Crippen LogP contribution in [0.5, 0.6) is 0 Å². The van der Waals surface area contributed by atoms with Crippen molar-refractivity contribution in [1.82, 2.24) is 29.6 Å². The Morgan fingerprint density at radius 3 is 2.75 bits per heavy atom. The molecule has 0 aliphatic heterocycles. The van der Waals surface area contributed by atoms with Gasteiger partial charge in [0, 0.05) is 6.20 Å². The Morgan fingerprint density at radius 1 is 1.10 bits per heavy atom. The zero-order chi connectivity index (χ0) is 13.5. The van der Waals surface area contributed by atoms with Gasteiger partial charge in [-0.2, -0.15) is 14.7 Å². The highest BCUT2D eigenvalue weighted by atomic mass is 32.1.